The van der Waals surface area contributed by atoms with E-state index < -0.39 is 0 Å². The Kier molecular flexibility index (Phi) is 5.54. The number of hydrogen-bond donors (Lipinski definition) is 1. The summed E-state index contributed by atoms with van der Waals surface area (Å²) in [4.78, 5) is 12.3. The second kappa shape index (κ2) is 8.41. The minimum atomic E-state index is -0.129. The number of halogens is 1. The fraction of sp³-hybridized carbons (Fsp3) is 0.125. The van der Waals surface area contributed by atoms with Gasteiger partial charge >= 0.3 is 0 Å². The number of carbonyl (C=O) groups is 1. The van der Waals surface area contributed by atoms with E-state index in [9.17, 15) is 4.79 Å². The molecule has 0 unspecified atom stereocenters. The van der Waals surface area contributed by atoms with Crippen molar-refractivity contribution in [2.75, 3.05) is 18.5 Å². The summed E-state index contributed by atoms with van der Waals surface area (Å²) >= 11 is 6.00. The molecule has 1 aliphatic rings. The zero-order valence-electron chi connectivity index (χ0n) is 15.9. The largest absolute Gasteiger partial charge is 0.490 e. The second-order valence-electron chi connectivity index (χ2n) is 6.73. The van der Waals surface area contributed by atoms with Crippen LogP contribution in [0.2, 0.25) is 5.02 Å². The molecule has 4 rings (SSSR count). The molecule has 0 saturated carbocycles. The van der Waals surface area contributed by atoms with E-state index in [2.05, 4.69) is 5.32 Å². The van der Waals surface area contributed by atoms with Crippen LogP contribution in [0.25, 0.3) is 11.6 Å². The second-order valence-corrected chi connectivity index (χ2v) is 7.17. The zero-order chi connectivity index (χ0) is 20.2. The van der Waals surface area contributed by atoms with E-state index in [-0.39, 0.29) is 5.91 Å². The number of anilines is 1. The van der Waals surface area contributed by atoms with Gasteiger partial charge in [-0.1, -0.05) is 48.0 Å². The van der Waals surface area contributed by atoms with Gasteiger partial charge in [0.1, 0.15) is 24.7 Å². The van der Waals surface area contributed by atoms with Crippen LogP contribution in [0.3, 0.4) is 0 Å². The summed E-state index contributed by atoms with van der Waals surface area (Å²) in [6.07, 6.45) is 1.86. The number of fused-ring (bicyclic) bond motifs is 1. The van der Waals surface area contributed by atoms with Crippen LogP contribution in [0.15, 0.2) is 66.7 Å². The first-order valence-corrected chi connectivity index (χ1v) is 9.72. The third kappa shape index (κ3) is 4.44. The Bertz CT molecular complexity index is 1070. The van der Waals surface area contributed by atoms with Gasteiger partial charge in [-0.15, -0.1) is 0 Å². The molecule has 0 aliphatic carbocycles. The van der Waals surface area contributed by atoms with Crippen molar-refractivity contribution in [1.29, 1.82) is 0 Å². The van der Waals surface area contributed by atoms with Crippen molar-refractivity contribution in [1.82, 2.24) is 0 Å². The predicted molar refractivity (Wildman–Crippen MR) is 117 cm³/mol. The highest BCUT2D eigenvalue weighted by atomic mass is 35.5. The van der Waals surface area contributed by atoms with Crippen molar-refractivity contribution in [2.45, 2.75) is 6.92 Å². The fourth-order valence-electron chi connectivity index (χ4n) is 3.17. The summed E-state index contributed by atoms with van der Waals surface area (Å²) in [5, 5.41) is 3.44. The molecule has 0 atom stereocenters. The van der Waals surface area contributed by atoms with Crippen LogP contribution in [-0.2, 0) is 4.79 Å². The van der Waals surface area contributed by atoms with E-state index in [0.29, 0.717) is 23.8 Å². The lowest BCUT2D eigenvalue weighted by molar-refractivity contribution is -0.110. The molecule has 0 aromatic heterocycles. The van der Waals surface area contributed by atoms with E-state index >= 15 is 0 Å². The van der Waals surface area contributed by atoms with Crippen LogP contribution in [0.4, 0.5) is 5.69 Å². The molecular formula is C24H20ClNO3. The van der Waals surface area contributed by atoms with Gasteiger partial charge in [0.15, 0.2) is 0 Å². The van der Waals surface area contributed by atoms with Gasteiger partial charge in [-0.25, -0.2) is 0 Å². The van der Waals surface area contributed by atoms with E-state index in [0.717, 1.165) is 33.9 Å². The first-order chi connectivity index (χ1) is 14.1. The minimum absolute atomic E-state index is 0.129. The molecule has 0 bridgehead atoms. The maximum absolute atomic E-state index is 12.3. The molecule has 29 heavy (non-hydrogen) atoms. The number of benzene rings is 3. The molecule has 1 N–H and O–H groups in total. The summed E-state index contributed by atoms with van der Waals surface area (Å²) < 4.78 is 11.5. The van der Waals surface area contributed by atoms with Crippen LogP contribution < -0.4 is 14.8 Å². The van der Waals surface area contributed by atoms with Gasteiger partial charge in [0.05, 0.1) is 5.69 Å². The molecular weight excluding hydrogens is 386 g/mol. The Balaban J connectivity index is 1.37. The van der Waals surface area contributed by atoms with E-state index in [1.54, 1.807) is 12.1 Å². The maximum atomic E-state index is 12.3. The third-order valence-electron chi connectivity index (χ3n) is 4.66. The van der Waals surface area contributed by atoms with E-state index in [1.807, 2.05) is 67.6 Å². The molecule has 4 nitrogen and oxygen atoms in total. The number of amides is 1. The van der Waals surface area contributed by atoms with Gasteiger partial charge < -0.3 is 14.8 Å². The van der Waals surface area contributed by atoms with Crippen LogP contribution in [0, 0.1) is 6.92 Å². The highest BCUT2D eigenvalue weighted by molar-refractivity contribution is 6.36. The van der Waals surface area contributed by atoms with Crippen LogP contribution in [-0.4, -0.2) is 19.1 Å². The molecule has 1 heterocycles. The van der Waals surface area contributed by atoms with Crippen molar-refractivity contribution < 1.29 is 14.3 Å². The van der Waals surface area contributed by atoms with Crippen molar-refractivity contribution in [2.24, 2.45) is 0 Å². The smallest absolute Gasteiger partial charge is 0.256 e. The lowest BCUT2D eigenvalue weighted by Crippen LogP contribution is -2.09. The molecule has 0 radical (unpaired) electrons. The van der Waals surface area contributed by atoms with Gasteiger partial charge in [0, 0.05) is 16.2 Å². The van der Waals surface area contributed by atoms with Gasteiger partial charge in [-0.05, 0) is 54.5 Å². The van der Waals surface area contributed by atoms with Crippen molar-refractivity contribution in [3.05, 3.63) is 88.4 Å². The zero-order valence-corrected chi connectivity index (χ0v) is 16.7. The lowest BCUT2D eigenvalue weighted by atomic mass is 10.0. The predicted octanol–water partition coefficient (Wildman–Crippen LogP) is 5.60. The molecule has 0 spiro atoms. The van der Waals surface area contributed by atoms with Gasteiger partial charge in [0.25, 0.3) is 5.91 Å². The van der Waals surface area contributed by atoms with Gasteiger partial charge in [0.2, 0.25) is 0 Å². The number of carbonyl (C=O) groups excluding carboxylic acids is 1. The highest BCUT2D eigenvalue weighted by Crippen LogP contribution is 2.35. The first kappa shape index (κ1) is 19.1. The fourth-order valence-corrected chi connectivity index (χ4v) is 3.34. The summed E-state index contributed by atoms with van der Waals surface area (Å²) in [5.41, 5.74) is 4.23. The van der Waals surface area contributed by atoms with Gasteiger partial charge in [-0.2, -0.15) is 0 Å². The molecule has 1 amide bonds. The summed E-state index contributed by atoms with van der Waals surface area (Å²) in [5.74, 6) is 1.49. The summed E-state index contributed by atoms with van der Waals surface area (Å²) in [7, 11) is 0. The molecule has 0 saturated heterocycles. The van der Waals surface area contributed by atoms with Crippen molar-refractivity contribution in [3.8, 4) is 11.5 Å². The Morgan fingerprint density at radius 1 is 0.966 bits per heavy atom. The van der Waals surface area contributed by atoms with E-state index in [1.165, 1.54) is 0 Å². The number of nitrogens with one attached hydrogen (secondary N) is 1. The minimum Gasteiger partial charge on any atom is -0.490 e. The summed E-state index contributed by atoms with van der Waals surface area (Å²) in [6, 6.07) is 20.9. The maximum Gasteiger partial charge on any atom is 0.256 e. The van der Waals surface area contributed by atoms with Gasteiger partial charge in [-0.3, -0.25) is 4.79 Å². The van der Waals surface area contributed by atoms with Crippen molar-refractivity contribution in [3.63, 3.8) is 0 Å². The molecule has 5 heteroatoms. The Hall–Kier alpha value is -3.24. The average Bonchev–Trinajstić information content (AvgIpc) is 3.02. The van der Waals surface area contributed by atoms with E-state index in [4.69, 9.17) is 21.1 Å². The van der Waals surface area contributed by atoms with Crippen LogP contribution >= 0.6 is 11.6 Å². The van der Waals surface area contributed by atoms with Crippen molar-refractivity contribution >= 4 is 34.8 Å². The Labute approximate surface area is 174 Å². The Morgan fingerprint density at radius 3 is 2.52 bits per heavy atom. The molecule has 146 valence electrons. The number of ether oxygens (including phenoxy) is 2. The quantitative estimate of drug-likeness (QED) is 0.429. The SMILES string of the molecule is Cc1ccccc1OCCOc1ccc(/C=C2/C(=O)Nc3cc(Cl)ccc32)cc1. The standard InChI is InChI=1S/C24H20ClNO3/c1-16-4-2-3-5-23(16)29-13-12-28-19-9-6-17(7-10-19)14-21-20-11-8-18(25)15-22(20)26-24(21)27/h2-11,14-15H,12-13H2,1H3,(H,26,27)/b21-14+. The third-order valence-corrected chi connectivity index (χ3v) is 4.89. The average molecular weight is 406 g/mol. The Morgan fingerprint density at radius 2 is 1.72 bits per heavy atom. The summed E-state index contributed by atoms with van der Waals surface area (Å²) in [6.45, 7) is 2.93. The molecule has 0 fully saturated rings. The number of hydrogen-bond acceptors (Lipinski definition) is 3. The lowest BCUT2D eigenvalue weighted by Gasteiger charge is -2.10. The molecule has 3 aromatic carbocycles. The number of para-hydroxylation sites is 1. The number of aryl methyl sites for hydroxylation is 1. The van der Waals surface area contributed by atoms with Crippen LogP contribution in [0.5, 0.6) is 11.5 Å². The molecule has 1 aliphatic heterocycles. The normalized spacial score (nSPS) is 13.9. The topological polar surface area (TPSA) is 47.6 Å². The van der Waals surface area contributed by atoms with Crippen LogP contribution in [0.1, 0.15) is 16.7 Å². The monoisotopic (exact) mass is 405 g/mol. The number of rotatable bonds is 6. The molecule has 3 aromatic rings. The first-order valence-electron chi connectivity index (χ1n) is 9.34. The highest BCUT2D eigenvalue weighted by Gasteiger charge is 2.23.